The largest absolute Gasteiger partial charge is 0.481 e. The first kappa shape index (κ1) is 35.3. The number of carboxylic acids is 2. The molecule has 0 saturated heterocycles. The topological polar surface area (TPSA) is 156 Å². The van der Waals surface area contributed by atoms with Crippen LogP contribution in [0.2, 0.25) is 0 Å². The standard InChI is InChI=1S/C40H39N3O7S/c1-26-12-5-8-15-33(26)42-27-18-20-31-34(24-27)50-35-25-28(19-21-32(35)38(31)29-13-6-7-14-30(29)39(46)47)43-36-16-9-10-22-40(36,2)51(48,49)41-23-11-3-4-17-37(44)45/h5-10,12-16,18-22,24-25,36,41-43H,3-4,11,17,23H2,1-2H3,(H-,44,45,46,47)/p+1. The zero-order valence-corrected chi connectivity index (χ0v) is 29.2. The van der Waals surface area contributed by atoms with E-state index in [0.29, 0.717) is 52.6 Å². The number of fused-ring (bicyclic) bond motifs is 2. The number of sulfonamides is 1. The van der Waals surface area contributed by atoms with Crippen molar-refractivity contribution in [1.29, 1.82) is 0 Å². The third-order valence-corrected chi connectivity index (χ3v) is 11.4. The maximum atomic E-state index is 13.7. The molecule has 11 heteroatoms. The summed E-state index contributed by atoms with van der Waals surface area (Å²) in [7, 11) is -3.87. The predicted octanol–water partition coefficient (Wildman–Crippen LogP) is 8.51. The molecule has 1 aliphatic rings. The van der Waals surface area contributed by atoms with Gasteiger partial charge in [0, 0.05) is 35.6 Å². The van der Waals surface area contributed by atoms with Crippen LogP contribution in [0.4, 0.5) is 17.1 Å². The Morgan fingerprint density at radius 2 is 1.53 bits per heavy atom. The minimum atomic E-state index is -3.87. The summed E-state index contributed by atoms with van der Waals surface area (Å²) in [4.78, 5) is 23.2. The lowest BCUT2D eigenvalue weighted by molar-refractivity contribution is -0.137. The van der Waals surface area contributed by atoms with E-state index >= 15 is 0 Å². The number of anilines is 3. The van der Waals surface area contributed by atoms with Crippen molar-refractivity contribution < 1.29 is 32.6 Å². The zero-order valence-electron chi connectivity index (χ0n) is 28.3. The number of nitrogens with one attached hydrogen (secondary N) is 3. The van der Waals surface area contributed by atoms with E-state index < -0.39 is 32.8 Å². The van der Waals surface area contributed by atoms with E-state index in [4.69, 9.17) is 9.52 Å². The smallest absolute Gasteiger partial charge is 0.363 e. The van der Waals surface area contributed by atoms with Gasteiger partial charge in [-0.05, 0) is 74.2 Å². The molecule has 6 rings (SSSR count). The van der Waals surface area contributed by atoms with Crippen LogP contribution in [0.1, 0.15) is 48.5 Å². The quantitative estimate of drug-likeness (QED) is 0.0434. The van der Waals surface area contributed by atoms with E-state index in [1.807, 2.05) is 67.6 Å². The molecule has 262 valence electrons. The van der Waals surface area contributed by atoms with Gasteiger partial charge in [-0.25, -0.2) is 22.4 Å². The average molecular weight is 707 g/mol. The third kappa shape index (κ3) is 7.50. The number of allylic oxidation sites excluding steroid dienone is 2. The summed E-state index contributed by atoms with van der Waals surface area (Å²) in [6.07, 6.45) is 8.61. The monoisotopic (exact) mass is 706 g/mol. The van der Waals surface area contributed by atoms with Crippen LogP contribution in [0.5, 0.6) is 0 Å². The van der Waals surface area contributed by atoms with Gasteiger partial charge in [0.15, 0.2) is 0 Å². The minimum absolute atomic E-state index is 0.0524. The fourth-order valence-corrected chi connectivity index (χ4v) is 7.84. The molecule has 2 atom stereocenters. The number of carbonyl (C=O) groups is 2. The first-order chi connectivity index (χ1) is 24.5. The lowest BCUT2D eigenvalue weighted by Crippen LogP contribution is -2.53. The lowest BCUT2D eigenvalue weighted by atomic mass is 9.93. The highest BCUT2D eigenvalue weighted by molar-refractivity contribution is 7.91. The number of carboxylic acid groups (broad SMARTS) is 2. The van der Waals surface area contributed by atoms with Crippen molar-refractivity contribution in [1.82, 2.24) is 4.72 Å². The van der Waals surface area contributed by atoms with Gasteiger partial charge in [-0.3, -0.25) is 4.79 Å². The highest BCUT2D eigenvalue weighted by Crippen LogP contribution is 2.41. The van der Waals surface area contributed by atoms with Gasteiger partial charge in [-0.2, -0.15) is 0 Å². The summed E-state index contributed by atoms with van der Waals surface area (Å²) >= 11 is 0. The maximum absolute atomic E-state index is 13.7. The summed E-state index contributed by atoms with van der Waals surface area (Å²) in [5, 5.41) is 27.3. The Balaban J connectivity index is 1.37. The number of rotatable bonds is 14. The first-order valence-corrected chi connectivity index (χ1v) is 18.3. The van der Waals surface area contributed by atoms with Crippen LogP contribution in [0.25, 0.3) is 33.1 Å². The summed E-state index contributed by atoms with van der Waals surface area (Å²) in [5.74, 6) is -1.91. The molecule has 4 aromatic carbocycles. The second-order valence-corrected chi connectivity index (χ2v) is 15.0. The van der Waals surface area contributed by atoms with Crippen molar-refractivity contribution in [3.63, 3.8) is 0 Å². The van der Waals surface area contributed by atoms with Crippen LogP contribution in [-0.4, -0.2) is 47.9 Å². The molecule has 1 aromatic heterocycles. The molecule has 1 heterocycles. The van der Waals surface area contributed by atoms with Crippen molar-refractivity contribution in [2.24, 2.45) is 0 Å². The van der Waals surface area contributed by atoms with Gasteiger partial charge in [-0.1, -0.05) is 67.1 Å². The number of hydrogen-bond donors (Lipinski definition) is 5. The van der Waals surface area contributed by atoms with Crippen LogP contribution in [0.15, 0.2) is 114 Å². The van der Waals surface area contributed by atoms with Crippen LogP contribution < -0.4 is 15.4 Å². The fourth-order valence-electron chi connectivity index (χ4n) is 6.39. The highest BCUT2D eigenvalue weighted by atomic mass is 32.2. The van der Waals surface area contributed by atoms with Gasteiger partial charge in [-0.15, -0.1) is 0 Å². The molecule has 0 saturated carbocycles. The summed E-state index contributed by atoms with van der Waals surface area (Å²) in [6, 6.07) is 25.4. The molecule has 0 spiro atoms. The molecular weight excluding hydrogens is 667 g/mol. The van der Waals surface area contributed by atoms with E-state index in [1.54, 1.807) is 55.5 Å². The predicted molar refractivity (Wildman–Crippen MR) is 202 cm³/mol. The molecule has 0 fully saturated rings. The molecule has 2 unspecified atom stereocenters. The number of aliphatic carboxylic acids is 1. The van der Waals surface area contributed by atoms with Crippen molar-refractivity contribution in [2.75, 3.05) is 17.2 Å². The number of benzene rings is 4. The van der Waals surface area contributed by atoms with Gasteiger partial charge in [0.2, 0.25) is 10.0 Å². The number of aryl methyl sites for hydroxylation is 1. The van der Waals surface area contributed by atoms with Crippen LogP contribution >= 0.6 is 0 Å². The van der Waals surface area contributed by atoms with E-state index in [1.165, 1.54) is 0 Å². The van der Waals surface area contributed by atoms with E-state index in [9.17, 15) is 23.1 Å². The fraction of sp³-hybridized carbons (Fsp3) is 0.225. The Morgan fingerprint density at radius 1 is 0.843 bits per heavy atom. The molecule has 1 aliphatic carbocycles. The average Bonchev–Trinajstić information content (AvgIpc) is 3.10. The Labute approximate surface area is 296 Å². The second kappa shape index (κ2) is 14.8. The van der Waals surface area contributed by atoms with E-state index in [2.05, 4.69) is 15.4 Å². The first-order valence-electron chi connectivity index (χ1n) is 16.8. The molecule has 10 nitrogen and oxygen atoms in total. The van der Waals surface area contributed by atoms with Gasteiger partial charge >= 0.3 is 23.1 Å². The molecule has 5 N–H and O–H groups in total. The normalized spacial score (nSPS) is 17.1. The Kier molecular flexibility index (Phi) is 10.2. The number of para-hydroxylation sites is 1. The van der Waals surface area contributed by atoms with Crippen molar-refractivity contribution >= 4 is 61.0 Å². The third-order valence-electron chi connectivity index (χ3n) is 9.29. The van der Waals surface area contributed by atoms with Crippen molar-refractivity contribution in [3.8, 4) is 11.1 Å². The molecule has 0 aliphatic heterocycles. The van der Waals surface area contributed by atoms with Crippen molar-refractivity contribution in [2.45, 2.75) is 50.3 Å². The molecule has 0 bridgehead atoms. The van der Waals surface area contributed by atoms with Gasteiger partial charge in [0.25, 0.3) is 0 Å². The second-order valence-electron chi connectivity index (χ2n) is 12.8. The number of aromatic carboxylic acids is 1. The molecule has 0 amide bonds. The lowest BCUT2D eigenvalue weighted by Gasteiger charge is -2.35. The summed E-state index contributed by atoms with van der Waals surface area (Å²) in [6.45, 7) is 3.87. The molecule has 0 radical (unpaired) electrons. The number of hydrogen-bond acceptors (Lipinski definition) is 6. The van der Waals surface area contributed by atoms with Crippen LogP contribution in [0, 0.1) is 6.92 Å². The van der Waals surface area contributed by atoms with Gasteiger partial charge in [0.05, 0.1) is 34.5 Å². The van der Waals surface area contributed by atoms with E-state index in [-0.39, 0.29) is 18.5 Å². The van der Waals surface area contributed by atoms with Gasteiger partial charge < -0.3 is 20.8 Å². The summed E-state index contributed by atoms with van der Waals surface area (Å²) in [5.41, 5.74) is 5.85. The van der Waals surface area contributed by atoms with Crippen molar-refractivity contribution in [3.05, 3.63) is 120 Å². The highest BCUT2D eigenvalue weighted by Gasteiger charge is 2.44. The maximum Gasteiger partial charge on any atom is 0.363 e. The Morgan fingerprint density at radius 3 is 2.25 bits per heavy atom. The number of unbranched alkanes of at least 4 members (excludes halogenated alkanes) is 2. The molecule has 5 aromatic rings. The molecular formula is C40H40N3O7S+. The Hall–Kier alpha value is -5.52. The molecule has 51 heavy (non-hydrogen) atoms. The SMILES string of the molecule is Cc1ccccc1Nc1ccc2c(-c3ccccc3C(=O)O)c3ccc(NC4C=CC=CC4(C)S(=O)(=O)NCCCCCC(=O)O)cc3[o+]c2c1. The zero-order chi connectivity index (χ0) is 36.2. The van der Waals surface area contributed by atoms with E-state index in [0.717, 1.165) is 22.3 Å². The van der Waals surface area contributed by atoms with Gasteiger partial charge in [0.1, 0.15) is 4.75 Å². The van der Waals surface area contributed by atoms with Crippen LogP contribution in [0.3, 0.4) is 0 Å². The summed E-state index contributed by atoms with van der Waals surface area (Å²) < 4.78 is 35.3. The Bertz CT molecular complexity index is 2300. The van der Waals surface area contributed by atoms with Crippen LogP contribution in [-0.2, 0) is 14.8 Å². The minimum Gasteiger partial charge on any atom is -0.481 e.